The Hall–Kier alpha value is -4.05. The number of fused-ring (bicyclic) bond motifs is 7. The first-order valence-electron chi connectivity index (χ1n) is 14.6. The molecule has 0 fully saturated rings. The Morgan fingerprint density at radius 2 is 1.52 bits per heavy atom. The van der Waals surface area contributed by atoms with E-state index in [-0.39, 0.29) is 37.1 Å². The molecule has 0 unspecified atom stereocenters. The van der Waals surface area contributed by atoms with Crippen LogP contribution < -0.4 is 4.74 Å². The van der Waals surface area contributed by atoms with E-state index in [1.54, 1.807) is 0 Å². The van der Waals surface area contributed by atoms with Crippen LogP contribution in [0.15, 0.2) is 90.8 Å². The van der Waals surface area contributed by atoms with Crippen LogP contribution in [0.5, 0.6) is 11.5 Å². The van der Waals surface area contributed by atoms with Crippen LogP contribution in [-0.4, -0.2) is 15.9 Å². The summed E-state index contributed by atoms with van der Waals surface area (Å²) in [6.07, 6.45) is 3.23. The molecular weight excluding hydrogens is 723 g/mol. The van der Waals surface area contributed by atoms with Gasteiger partial charge in [-0.1, -0.05) is 113 Å². The summed E-state index contributed by atoms with van der Waals surface area (Å²) in [5.41, 5.74) is 2.38. The number of aliphatic hydroxyl groups is 1. The van der Waals surface area contributed by atoms with Crippen molar-refractivity contribution < 1.29 is 34.7 Å². The molecule has 6 aromatic rings. The van der Waals surface area contributed by atoms with E-state index in [0.717, 1.165) is 38.9 Å². The van der Waals surface area contributed by atoms with Crippen LogP contribution in [0.4, 0.5) is 0 Å². The third-order valence-corrected chi connectivity index (χ3v) is 7.97. The number of ether oxygens (including phenoxy) is 1. The number of carbonyl (C=O) groups excluding carboxylic acids is 1. The number of pyridine rings is 1. The van der Waals surface area contributed by atoms with Gasteiger partial charge >= 0.3 is 0 Å². The van der Waals surface area contributed by atoms with Crippen LogP contribution in [0, 0.1) is 23.8 Å². The van der Waals surface area contributed by atoms with E-state index in [9.17, 15) is 9.90 Å². The molecule has 0 saturated heterocycles. The monoisotopic (exact) mass is 759 g/mol. The third-order valence-electron chi connectivity index (χ3n) is 7.97. The molecule has 2 heterocycles. The average Bonchev–Trinajstić information content (AvgIpc) is 2.95. The van der Waals surface area contributed by atoms with Crippen LogP contribution in [-0.2, 0) is 24.9 Å². The molecule has 7 rings (SSSR count). The van der Waals surface area contributed by atoms with Crippen molar-refractivity contribution in [1.82, 2.24) is 4.98 Å². The summed E-state index contributed by atoms with van der Waals surface area (Å²) in [5, 5.41) is 18.9. The average molecular weight is 759 g/mol. The number of carbonyl (C=O) groups is 1. The van der Waals surface area contributed by atoms with Crippen molar-refractivity contribution in [2.45, 2.75) is 48.5 Å². The van der Waals surface area contributed by atoms with Crippen LogP contribution in [0.25, 0.3) is 54.3 Å². The number of aromatic nitrogens is 1. The van der Waals surface area contributed by atoms with Crippen molar-refractivity contribution in [2.75, 3.05) is 0 Å². The second kappa shape index (κ2) is 11.5. The quantitative estimate of drug-likeness (QED) is 0.0784. The second-order valence-electron chi connectivity index (χ2n) is 13.4. The Bertz CT molecular complexity index is 2110. The van der Waals surface area contributed by atoms with E-state index in [0.29, 0.717) is 0 Å². The normalized spacial score (nSPS) is 12.8. The number of benzene rings is 5. The third kappa shape index (κ3) is 5.75. The Kier molecular flexibility index (Phi) is 8.18. The molecule has 1 N–H and O–H groups in total. The van der Waals surface area contributed by atoms with Gasteiger partial charge in [-0.05, 0) is 46.0 Å². The standard InChI is InChI=1S/C28H16NO.C11H20O2.Ir/c1-16-6-8-20-19(12-16)7-9-21-22-10-11-29-28-24-13-17-4-2-3-5-18(17)14-25(24)30-26(27(22)28)15-23(20)21;1-10(2,3)8(12)7-9(13)11(4,5)6;/h2-12,14-15H,1H3;7,12H,1-6H3;/q-1;;/b;8-7-;. The number of aliphatic hydroxyl groups excluding tert-OH is 1. The first-order valence-corrected chi connectivity index (χ1v) is 14.6. The van der Waals surface area contributed by atoms with Gasteiger partial charge in [-0.15, -0.1) is 17.5 Å². The van der Waals surface area contributed by atoms with Gasteiger partial charge in [0.05, 0.1) is 5.75 Å². The van der Waals surface area contributed by atoms with E-state index >= 15 is 0 Å². The minimum atomic E-state index is -0.417. The molecule has 0 aliphatic carbocycles. The number of aryl methyl sites for hydroxylation is 1. The van der Waals surface area contributed by atoms with Gasteiger partial charge < -0.3 is 9.84 Å². The van der Waals surface area contributed by atoms with E-state index in [1.807, 2.05) is 59.9 Å². The van der Waals surface area contributed by atoms with Crippen molar-refractivity contribution in [2.24, 2.45) is 10.8 Å². The van der Waals surface area contributed by atoms with Crippen molar-refractivity contribution in [3.05, 3.63) is 102 Å². The maximum Gasteiger partial charge on any atom is 0.164 e. The number of hydrogen-bond donors (Lipinski definition) is 1. The van der Waals surface area contributed by atoms with Gasteiger partial charge in [0.25, 0.3) is 0 Å². The fourth-order valence-electron chi connectivity index (χ4n) is 5.35. The number of hydrogen-bond acceptors (Lipinski definition) is 4. The topological polar surface area (TPSA) is 59.4 Å². The van der Waals surface area contributed by atoms with E-state index in [4.69, 9.17) is 9.72 Å². The molecule has 0 bridgehead atoms. The molecular formula is C39H36IrNO3-. The minimum Gasteiger partial charge on any atom is -0.512 e. The first-order chi connectivity index (χ1) is 20.3. The van der Waals surface area contributed by atoms with Gasteiger partial charge in [-0.2, -0.15) is 0 Å². The molecule has 0 saturated carbocycles. The minimum absolute atomic E-state index is 0. The van der Waals surface area contributed by atoms with E-state index in [2.05, 4.69) is 73.7 Å². The Morgan fingerprint density at radius 3 is 2.25 bits per heavy atom. The van der Waals surface area contributed by atoms with Gasteiger partial charge in [-0.25, -0.2) is 0 Å². The zero-order valence-electron chi connectivity index (χ0n) is 26.1. The van der Waals surface area contributed by atoms with E-state index in [1.165, 1.54) is 38.6 Å². The van der Waals surface area contributed by atoms with Gasteiger partial charge in [-0.3, -0.25) is 9.78 Å². The van der Waals surface area contributed by atoms with Crippen LogP contribution >= 0.6 is 0 Å². The molecule has 1 aliphatic heterocycles. The molecule has 0 spiro atoms. The van der Waals surface area contributed by atoms with Gasteiger partial charge in [0.15, 0.2) is 5.78 Å². The number of rotatable bonds is 1. The maximum atomic E-state index is 11.5. The molecule has 0 atom stereocenters. The van der Waals surface area contributed by atoms with Crippen LogP contribution in [0.1, 0.15) is 47.1 Å². The number of allylic oxidation sites excluding steroid dienone is 2. The van der Waals surface area contributed by atoms with Gasteiger partial charge in [0.1, 0.15) is 11.5 Å². The Labute approximate surface area is 272 Å². The predicted molar refractivity (Wildman–Crippen MR) is 178 cm³/mol. The summed E-state index contributed by atoms with van der Waals surface area (Å²) < 4.78 is 6.47. The first kappa shape index (κ1) is 31.4. The van der Waals surface area contributed by atoms with E-state index < -0.39 is 5.41 Å². The number of ketones is 1. The smallest absolute Gasteiger partial charge is 0.164 e. The zero-order valence-corrected chi connectivity index (χ0v) is 28.5. The van der Waals surface area contributed by atoms with Gasteiger partial charge in [0, 0.05) is 54.3 Å². The molecule has 225 valence electrons. The summed E-state index contributed by atoms with van der Waals surface area (Å²) in [7, 11) is 0. The molecule has 44 heavy (non-hydrogen) atoms. The van der Waals surface area contributed by atoms with Crippen molar-refractivity contribution >= 4 is 48.9 Å². The van der Waals surface area contributed by atoms with Crippen molar-refractivity contribution in [3.8, 4) is 22.8 Å². The molecule has 1 aliphatic rings. The fraction of sp³-hybridized carbons (Fsp3) is 0.231. The Balaban J connectivity index is 0.000000237. The molecule has 4 nitrogen and oxygen atoms in total. The molecule has 1 aromatic heterocycles. The second-order valence-corrected chi connectivity index (χ2v) is 13.4. The predicted octanol–water partition coefficient (Wildman–Crippen LogP) is 10.7. The van der Waals surface area contributed by atoms with Crippen LogP contribution in [0.3, 0.4) is 0 Å². The summed E-state index contributed by atoms with van der Waals surface area (Å²) in [6.45, 7) is 13.2. The number of nitrogens with zero attached hydrogens (tertiary/aromatic N) is 1. The Morgan fingerprint density at radius 1 is 0.795 bits per heavy atom. The largest absolute Gasteiger partial charge is 0.512 e. The molecule has 0 amide bonds. The molecule has 5 heteroatoms. The summed E-state index contributed by atoms with van der Waals surface area (Å²) in [6, 6.07) is 29.2. The maximum absolute atomic E-state index is 11.5. The summed E-state index contributed by atoms with van der Waals surface area (Å²) in [5.74, 6) is 1.79. The van der Waals surface area contributed by atoms with Gasteiger partial charge in [0.2, 0.25) is 0 Å². The SMILES string of the molecule is CC(C)(C)C(=O)/C=C(\O)C(C)(C)C.Cc1ccc2c(ccc3c4ccnc5c4c(cc23)Oc2cc3ccccc3[c-]c2-5)c1.[Ir]. The van der Waals surface area contributed by atoms with Crippen LogP contribution in [0.2, 0.25) is 0 Å². The van der Waals surface area contributed by atoms with Crippen molar-refractivity contribution in [3.63, 3.8) is 0 Å². The summed E-state index contributed by atoms with van der Waals surface area (Å²) >= 11 is 0. The van der Waals surface area contributed by atoms with Crippen molar-refractivity contribution in [1.29, 1.82) is 0 Å². The zero-order chi connectivity index (χ0) is 30.7. The molecule has 1 radical (unpaired) electrons. The fourth-order valence-corrected chi connectivity index (χ4v) is 5.35. The molecule has 5 aromatic carbocycles. The summed E-state index contributed by atoms with van der Waals surface area (Å²) in [4.78, 5) is 16.2.